The van der Waals surface area contributed by atoms with Gasteiger partial charge in [0.1, 0.15) is 0 Å². The van der Waals surface area contributed by atoms with Gasteiger partial charge in [0.15, 0.2) is 0 Å². The van der Waals surface area contributed by atoms with Crippen LogP contribution in [-0.2, 0) is 0 Å². The molecule has 0 bridgehead atoms. The van der Waals surface area contributed by atoms with Gasteiger partial charge in [-0.2, -0.15) is 0 Å². The van der Waals surface area contributed by atoms with Crippen LogP contribution in [0, 0.1) is 6.92 Å². The van der Waals surface area contributed by atoms with Crippen molar-refractivity contribution in [2.75, 3.05) is 11.5 Å². The van der Waals surface area contributed by atoms with Crippen LogP contribution in [0.1, 0.15) is 5.56 Å². The average Bonchev–Trinajstić information content (AvgIpc) is 2.62. The van der Waals surface area contributed by atoms with E-state index in [1.54, 1.807) is 0 Å². The summed E-state index contributed by atoms with van der Waals surface area (Å²) in [6.45, 7) is 2.10. The summed E-state index contributed by atoms with van der Waals surface area (Å²) in [5.74, 6) is 0. The maximum absolute atomic E-state index is 6.62. The third-order valence-electron chi connectivity index (χ3n) is 5.19. The predicted octanol–water partition coefficient (Wildman–Crippen LogP) is 5.72. The number of hydrogen-bond acceptors (Lipinski definition) is 2. The smallest absolute Gasteiger partial charge is 0.0474 e. The van der Waals surface area contributed by atoms with Crippen LogP contribution in [0.5, 0.6) is 0 Å². The van der Waals surface area contributed by atoms with Gasteiger partial charge in [-0.05, 0) is 46.2 Å². The Balaban J connectivity index is 1.97. The van der Waals surface area contributed by atoms with Crippen molar-refractivity contribution in [3.05, 3.63) is 72.3 Å². The van der Waals surface area contributed by atoms with Crippen molar-refractivity contribution in [2.24, 2.45) is 0 Å². The molecule has 5 rings (SSSR count). The van der Waals surface area contributed by atoms with Gasteiger partial charge in [0, 0.05) is 27.7 Å². The molecule has 0 spiro atoms. The number of nitrogens with two attached hydrogens (primary N) is 2. The fourth-order valence-corrected chi connectivity index (χ4v) is 3.97. The highest BCUT2D eigenvalue weighted by Crippen LogP contribution is 2.42. The molecular formula is C23H18N2. The fraction of sp³-hybridized carbons (Fsp3) is 0.0435. The molecule has 5 aromatic carbocycles. The number of rotatable bonds is 1. The molecule has 120 valence electrons. The molecule has 0 saturated heterocycles. The Labute approximate surface area is 146 Å². The highest BCUT2D eigenvalue weighted by molar-refractivity contribution is 6.28. The molecule has 2 heteroatoms. The van der Waals surface area contributed by atoms with Gasteiger partial charge in [-0.25, -0.2) is 0 Å². The minimum Gasteiger partial charge on any atom is -0.398 e. The third-order valence-corrected chi connectivity index (χ3v) is 5.19. The molecule has 0 amide bonds. The molecule has 0 aliphatic rings. The Bertz CT molecular complexity index is 1270. The summed E-state index contributed by atoms with van der Waals surface area (Å²) in [4.78, 5) is 0. The van der Waals surface area contributed by atoms with Crippen LogP contribution in [-0.4, -0.2) is 0 Å². The lowest BCUT2D eigenvalue weighted by atomic mass is 9.89. The van der Waals surface area contributed by atoms with Gasteiger partial charge in [-0.1, -0.05) is 60.2 Å². The van der Waals surface area contributed by atoms with E-state index < -0.39 is 0 Å². The van der Waals surface area contributed by atoms with Crippen molar-refractivity contribution in [2.45, 2.75) is 6.92 Å². The maximum atomic E-state index is 6.62. The van der Waals surface area contributed by atoms with Crippen molar-refractivity contribution >= 4 is 43.7 Å². The topological polar surface area (TPSA) is 52.0 Å². The lowest BCUT2D eigenvalue weighted by molar-refractivity contribution is 1.47. The normalized spacial score (nSPS) is 11.7. The van der Waals surface area contributed by atoms with Gasteiger partial charge >= 0.3 is 0 Å². The quantitative estimate of drug-likeness (QED) is 0.306. The van der Waals surface area contributed by atoms with Crippen molar-refractivity contribution < 1.29 is 0 Å². The van der Waals surface area contributed by atoms with Crippen LogP contribution in [0.3, 0.4) is 0 Å². The molecule has 0 saturated carbocycles. The van der Waals surface area contributed by atoms with Crippen LogP contribution in [0.15, 0.2) is 66.7 Å². The van der Waals surface area contributed by atoms with Crippen molar-refractivity contribution in [3.63, 3.8) is 0 Å². The molecule has 0 radical (unpaired) electrons. The zero-order valence-electron chi connectivity index (χ0n) is 14.0. The second kappa shape index (κ2) is 4.87. The van der Waals surface area contributed by atoms with Gasteiger partial charge in [0.25, 0.3) is 0 Å². The minimum atomic E-state index is 0.809. The molecule has 0 aromatic heterocycles. The van der Waals surface area contributed by atoms with Gasteiger partial charge in [0.2, 0.25) is 0 Å². The predicted molar refractivity (Wildman–Crippen MR) is 109 cm³/mol. The Morgan fingerprint density at radius 1 is 0.680 bits per heavy atom. The summed E-state index contributed by atoms with van der Waals surface area (Å²) < 4.78 is 0. The monoisotopic (exact) mass is 322 g/mol. The summed E-state index contributed by atoms with van der Waals surface area (Å²) in [6, 6.07) is 23.3. The molecule has 0 unspecified atom stereocenters. The Kier molecular flexibility index (Phi) is 2.75. The molecule has 4 N–H and O–H groups in total. The Hall–Kier alpha value is -3.26. The summed E-state index contributed by atoms with van der Waals surface area (Å²) in [5.41, 5.74) is 17.9. The molecule has 0 fully saturated rings. The van der Waals surface area contributed by atoms with Gasteiger partial charge in [-0.3, -0.25) is 0 Å². The lowest BCUT2D eigenvalue weighted by Gasteiger charge is -2.16. The SMILES string of the molecule is Cc1cccc(-c2cc3ccc4c(N)ccc5ccc(c2N)c3c54)c1. The zero-order valence-corrected chi connectivity index (χ0v) is 14.0. The van der Waals surface area contributed by atoms with E-state index in [2.05, 4.69) is 67.6 Å². The van der Waals surface area contributed by atoms with E-state index >= 15 is 0 Å². The molecule has 0 aliphatic heterocycles. The van der Waals surface area contributed by atoms with E-state index in [1.165, 1.54) is 27.1 Å². The largest absolute Gasteiger partial charge is 0.398 e. The van der Waals surface area contributed by atoms with E-state index in [-0.39, 0.29) is 0 Å². The van der Waals surface area contributed by atoms with Crippen LogP contribution in [0.4, 0.5) is 11.4 Å². The van der Waals surface area contributed by atoms with Crippen LogP contribution in [0.25, 0.3) is 43.4 Å². The first-order valence-electron chi connectivity index (χ1n) is 8.46. The van der Waals surface area contributed by atoms with Crippen molar-refractivity contribution in [3.8, 4) is 11.1 Å². The number of benzene rings is 5. The van der Waals surface area contributed by atoms with Crippen molar-refractivity contribution in [1.82, 2.24) is 0 Å². The van der Waals surface area contributed by atoms with E-state index in [0.29, 0.717) is 0 Å². The first-order chi connectivity index (χ1) is 12.1. The number of anilines is 2. The average molecular weight is 322 g/mol. The van der Waals surface area contributed by atoms with Crippen molar-refractivity contribution in [1.29, 1.82) is 0 Å². The van der Waals surface area contributed by atoms with E-state index in [0.717, 1.165) is 33.3 Å². The van der Waals surface area contributed by atoms with Gasteiger partial charge in [0.05, 0.1) is 0 Å². The summed E-state index contributed by atoms with van der Waals surface area (Å²) >= 11 is 0. The zero-order chi connectivity index (χ0) is 17.1. The molecule has 5 aromatic rings. The standard InChI is InChI=1S/C23H18N2/c1-13-3-2-4-15(11-13)19-12-16-6-8-17-20(24)10-7-14-5-9-18(23(19)25)22(16)21(14)17/h2-12H,24-25H2,1H3. The summed E-state index contributed by atoms with van der Waals surface area (Å²) in [7, 11) is 0. The highest BCUT2D eigenvalue weighted by Gasteiger charge is 2.15. The van der Waals surface area contributed by atoms with Gasteiger partial charge < -0.3 is 11.5 Å². The number of nitrogen functional groups attached to an aromatic ring is 2. The molecule has 0 atom stereocenters. The Morgan fingerprint density at radius 2 is 1.40 bits per heavy atom. The van der Waals surface area contributed by atoms with E-state index in [9.17, 15) is 0 Å². The van der Waals surface area contributed by atoms with Crippen LogP contribution in [0.2, 0.25) is 0 Å². The highest BCUT2D eigenvalue weighted by atomic mass is 14.6. The van der Waals surface area contributed by atoms with Gasteiger partial charge in [-0.15, -0.1) is 0 Å². The molecule has 25 heavy (non-hydrogen) atoms. The fourth-order valence-electron chi connectivity index (χ4n) is 3.97. The second-order valence-electron chi connectivity index (χ2n) is 6.78. The summed E-state index contributed by atoms with van der Waals surface area (Å²) in [5, 5.41) is 7.00. The van der Waals surface area contributed by atoms with Crippen LogP contribution >= 0.6 is 0 Å². The number of hydrogen-bond donors (Lipinski definition) is 2. The number of aryl methyl sites for hydroxylation is 1. The first-order valence-corrected chi connectivity index (χ1v) is 8.46. The van der Waals surface area contributed by atoms with E-state index in [1.807, 2.05) is 6.07 Å². The molecule has 0 aliphatic carbocycles. The molecular weight excluding hydrogens is 304 g/mol. The lowest BCUT2D eigenvalue weighted by Crippen LogP contribution is -1.96. The third kappa shape index (κ3) is 1.91. The molecule has 2 nitrogen and oxygen atoms in total. The first kappa shape index (κ1) is 14.1. The maximum Gasteiger partial charge on any atom is 0.0474 e. The minimum absolute atomic E-state index is 0.809. The molecule has 0 heterocycles. The second-order valence-corrected chi connectivity index (χ2v) is 6.78. The van der Waals surface area contributed by atoms with Crippen LogP contribution < -0.4 is 11.5 Å². The Morgan fingerprint density at radius 3 is 2.24 bits per heavy atom. The summed E-state index contributed by atoms with van der Waals surface area (Å²) in [6.07, 6.45) is 0. The van der Waals surface area contributed by atoms with E-state index in [4.69, 9.17) is 11.5 Å².